The number of nitrogens with zero attached hydrogens (tertiary/aromatic N) is 2. The first kappa shape index (κ1) is 14.0. The molecule has 1 unspecified atom stereocenters. The van der Waals surface area contributed by atoms with Gasteiger partial charge in [-0.25, -0.2) is 0 Å². The number of aryl methyl sites for hydroxylation is 1. The summed E-state index contributed by atoms with van der Waals surface area (Å²) in [5, 5.41) is 4.56. The molecule has 2 aromatic rings. The molecule has 0 spiro atoms. The molecule has 0 saturated heterocycles. The van der Waals surface area contributed by atoms with Crippen molar-refractivity contribution in [1.82, 2.24) is 10.1 Å². The molecular weight excluding hydrogens is 266 g/mol. The quantitative estimate of drug-likeness (QED) is 0.912. The summed E-state index contributed by atoms with van der Waals surface area (Å²) < 4.78 is 10.5. The lowest BCUT2D eigenvalue weighted by molar-refractivity contribution is 0.130. The Morgan fingerprint density at radius 1 is 1.47 bits per heavy atom. The fourth-order valence-corrected chi connectivity index (χ4v) is 1.91. The van der Waals surface area contributed by atoms with Crippen molar-refractivity contribution in [2.45, 2.75) is 19.9 Å². The number of hydrogen-bond donors (Lipinski definition) is 1. The molecule has 0 aliphatic rings. The highest BCUT2D eigenvalue weighted by molar-refractivity contribution is 6.30. The van der Waals surface area contributed by atoms with Gasteiger partial charge in [0, 0.05) is 17.2 Å². The Kier molecular flexibility index (Phi) is 4.52. The van der Waals surface area contributed by atoms with Gasteiger partial charge in [0.15, 0.2) is 5.82 Å². The Morgan fingerprint density at radius 3 is 2.95 bits per heavy atom. The second-order valence-electron chi connectivity index (χ2n) is 4.18. The van der Waals surface area contributed by atoms with Gasteiger partial charge in [0.05, 0.1) is 12.6 Å². The van der Waals surface area contributed by atoms with E-state index < -0.39 is 0 Å². The Labute approximate surface area is 116 Å². The van der Waals surface area contributed by atoms with Gasteiger partial charge in [0.2, 0.25) is 0 Å². The molecule has 0 amide bonds. The van der Waals surface area contributed by atoms with Crippen LogP contribution in [0.25, 0.3) is 11.5 Å². The van der Waals surface area contributed by atoms with Crippen LogP contribution >= 0.6 is 11.6 Å². The predicted octanol–water partition coefficient (Wildman–Crippen LogP) is 2.73. The molecule has 0 saturated carbocycles. The molecule has 0 aliphatic heterocycles. The van der Waals surface area contributed by atoms with Gasteiger partial charge >= 0.3 is 0 Å². The van der Waals surface area contributed by atoms with Crippen LogP contribution in [0.15, 0.2) is 22.7 Å². The first-order valence-electron chi connectivity index (χ1n) is 6.05. The van der Waals surface area contributed by atoms with Crippen molar-refractivity contribution in [2.24, 2.45) is 5.73 Å². The van der Waals surface area contributed by atoms with Crippen LogP contribution in [0.1, 0.15) is 24.4 Å². The van der Waals surface area contributed by atoms with Gasteiger partial charge in [-0.3, -0.25) is 0 Å². The number of rotatable bonds is 5. The van der Waals surface area contributed by atoms with Crippen molar-refractivity contribution in [3.8, 4) is 11.5 Å². The molecule has 1 heterocycles. The van der Waals surface area contributed by atoms with E-state index in [4.69, 9.17) is 26.6 Å². The molecule has 1 aromatic heterocycles. The van der Waals surface area contributed by atoms with E-state index >= 15 is 0 Å². The zero-order valence-electron chi connectivity index (χ0n) is 10.9. The summed E-state index contributed by atoms with van der Waals surface area (Å²) in [5.41, 5.74) is 7.73. The van der Waals surface area contributed by atoms with Crippen molar-refractivity contribution in [1.29, 1.82) is 0 Å². The molecular formula is C13H16ClN3O2. The molecule has 5 nitrogen and oxygen atoms in total. The van der Waals surface area contributed by atoms with Crippen molar-refractivity contribution in [3.05, 3.63) is 34.6 Å². The highest BCUT2D eigenvalue weighted by Crippen LogP contribution is 2.25. The summed E-state index contributed by atoms with van der Waals surface area (Å²) in [6, 6.07) is 5.10. The van der Waals surface area contributed by atoms with Crippen LogP contribution in [0.2, 0.25) is 5.02 Å². The largest absolute Gasteiger partial charge is 0.380 e. The topological polar surface area (TPSA) is 74.2 Å². The van der Waals surface area contributed by atoms with E-state index in [1.54, 1.807) is 6.07 Å². The van der Waals surface area contributed by atoms with Crippen LogP contribution in [-0.4, -0.2) is 23.4 Å². The van der Waals surface area contributed by atoms with Gasteiger partial charge in [-0.05, 0) is 37.6 Å². The van der Waals surface area contributed by atoms with Crippen molar-refractivity contribution < 1.29 is 9.26 Å². The molecule has 1 atom stereocenters. The zero-order chi connectivity index (χ0) is 13.8. The van der Waals surface area contributed by atoms with Gasteiger partial charge in [-0.1, -0.05) is 16.8 Å². The number of aromatic nitrogens is 2. The standard InChI is InChI=1S/C13H16ClN3O2/c1-3-18-7-11(15)12-16-13(19-17-12)10-5-4-9(14)6-8(10)2/h4-6,11H,3,7,15H2,1-2H3. The summed E-state index contributed by atoms with van der Waals surface area (Å²) in [5.74, 6) is 0.883. The second-order valence-corrected chi connectivity index (χ2v) is 4.62. The molecule has 0 radical (unpaired) electrons. The van der Waals surface area contributed by atoms with Gasteiger partial charge in [0.25, 0.3) is 5.89 Å². The van der Waals surface area contributed by atoms with Crippen molar-refractivity contribution in [2.75, 3.05) is 13.2 Å². The Bertz CT molecular complexity index is 557. The summed E-state index contributed by atoms with van der Waals surface area (Å²) in [6.07, 6.45) is 0. The molecule has 1 aromatic carbocycles. The lowest BCUT2D eigenvalue weighted by Crippen LogP contribution is -2.18. The van der Waals surface area contributed by atoms with Crippen molar-refractivity contribution in [3.63, 3.8) is 0 Å². The monoisotopic (exact) mass is 281 g/mol. The number of halogens is 1. The average molecular weight is 282 g/mol. The van der Waals surface area contributed by atoms with Crippen LogP contribution in [0.3, 0.4) is 0 Å². The SMILES string of the molecule is CCOCC(N)c1noc(-c2ccc(Cl)cc2C)n1. The van der Waals surface area contributed by atoms with Crippen LogP contribution in [0, 0.1) is 6.92 Å². The van der Waals surface area contributed by atoms with Crippen molar-refractivity contribution >= 4 is 11.6 Å². The highest BCUT2D eigenvalue weighted by atomic mass is 35.5. The van der Waals surface area contributed by atoms with E-state index in [2.05, 4.69) is 10.1 Å². The molecule has 0 fully saturated rings. The summed E-state index contributed by atoms with van der Waals surface area (Å²) in [6.45, 7) is 4.82. The van der Waals surface area contributed by atoms with E-state index in [0.29, 0.717) is 30.0 Å². The van der Waals surface area contributed by atoms with E-state index in [1.165, 1.54) is 0 Å². The molecule has 2 N–H and O–H groups in total. The maximum absolute atomic E-state index is 5.91. The molecule has 0 aliphatic carbocycles. The zero-order valence-corrected chi connectivity index (χ0v) is 11.6. The Morgan fingerprint density at radius 2 is 2.26 bits per heavy atom. The summed E-state index contributed by atoms with van der Waals surface area (Å²) in [4.78, 5) is 4.30. The minimum Gasteiger partial charge on any atom is -0.380 e. The minimum atomic E-state index is -0.384. The fourth-order valence-electron chi connectivity index (χ4n) is 1.68. The third-order valence-electron chi connectivity index (χ3n) is 2.69. The van der Waals surface area contributed by atoms with Crippen LogP contribution in [0.5, 0.6) is 0 Å². The van der Waals surface area contributed by atoms with E-state index in [0.717, 1.165) is 11.1 Å². The summed E-state index contributed by atoms with van der Waals surface area (Å²) in [7, 11) is 0. The predicted molar refractivity (Wildman–Crippen MR) is 72.9 cm³/mol. The Balaban J connectivity index is 2.20. The number of benzene rings is 1. The highest BCUT2D eigenvalue weighted by Gasteiger charge is 2.16. The second kappa shape index (κ2) is 6.14. The van der Waals surface area contributed by atoms with E-state index in [1.807, 2.05) is 26.0 Å². The first-order chi connectivity index (χ1) is 9.11. The van der Waals surface area contributed by atoms with Crippen LogP contribution in [-0.2, 0) is 4.74 Å². The number of ether oxygens (including phenoxy) is 1. The van der Waals surface area contributed by atoms with Crippen LogP contribution < -0.4 is 5.73 Å². The van der Waals surface area contributed by atoms with Crippen LogP contribution in [0.4, 0.5) is 0 Å². The Hall–Kier alpha value is -1.43. The molecule has 6 heteroatoms. The molecule has 19 heavy (non-hydrogen) atoms. The third-order valence-corrected chi connectivity index (χ3v) is 2.93. The number of hydrogen-bond acceptors (Lipinski definition) is 5. The van der Waals surface area contributed by atoms with Gasteiger partial charge < -0.3 is 15.0 Å². The molecule has 102 valence electrons. The first-order valence-corrected chi connectivity index (χ1v) is 6.43. The van der Waals surface area contributed by atoms with Gasteiger partial charge in [0.1, 0.15) is 0 Å². The number of nitrogens with two attached hydrogens (primary N) is 1. The average Bonchev–Trinajstić information content (AvgIpc) is 2.85. The normalized spacial score (nSPS) is 12.6. The lowest BCUT2D eigenvalue weighted by atomic mass is 10.1. The third kappa shape index (κ3) is 3.32. The maximum Gasteiger partial charge on any atom is 0.258 e. The fraction of sp³-hybridized carbons (Fsp3) is 0.385. The van der Waals surface area contributed by atoms with Gasteiger partial charge in [-0.2, -0.15) is 4.98 Å². The smallest absolute Gasteiger partial charge is 0.258 e. The molecule has 0 bridgehead atoms. The summed E-state index contributed by atoms with van der Waals surface area (Å²) >= 11 is 5.91. The van der Waals surface area contributed by atoms with E-state index in [9.17, 15) is 0 Å². The molecule has 2 rings (SSSR count). The maximum atomic E-state index is 5.91. The van der Waals surface area contributed by atoms with Gasteiger partial charge in [-0.15, -0.1) is 0 Å². The minimum absolute atomic E-state index is 0.370. The lowest BCUT2D eigenvalue weighted by Gasteiger charge is -2.05. The van der Waals surface area contributed by atoms with E-state index in [-0.39, 0.29) is 6.04 Å².